The van der Waals surface area contributed by atoms with Crippen LogP contribution in [0.4, 0.5) is 5.69 Å². The van der Waals surface area contributed by atoms with E-state index in [1.165, 1.54) is 0 Å². The highest BCUT2D eigenvalue weighted by atomic mass is 32.2. The highest BCUT2D eigenvalue weighted by molar-refractivity contribution is 8.14. The van der Waals surface area contributed by atoms with Crippen LogP contribution in [0.1, 0.15) is 13.8 Å². The molecule has 5 heteroatoms. The van der Waals surface area contributed by atoms with Crippen molar-refractivity contribution in [2.24, 2.45) is 4.99 Å². The number of hydrogen-bond acceptors (Lipinski definition) is 5. The first-order valence-electron chi connectivity index (χ1n) is 6.17. The van der Waals surface area contributed by atoms with Crippen molar-refractivity contribution in [3.63, 3.8) is 0 Å². The maximum Gasteiger partial charge on any atom is 0.163 e. The maximum atomic E-state index is 5.58. The van der Waals surface area contributed by atoms with E-state index in [1.54, 1.807) is 11.8 Å². The molecular weight excluding hydrogens is 248 g/mol. The Morgan fingerprint density at radius 3 is 2.67 bits per heavy atom. The van der Waals surface area contributed by atoms with Crippen LogP contribution in [0.25, 0.3) is 0 Å². The Hall–Kier alpha value is -1.36. The lowest BCUT2D eigenvalue weighted by Gasteiger charge is -2.13. The molecule has 0 fully saturated rings. The van der Waals surface area contributed by atoms with E-state index in [0.717, 1.165) is 34.7 Å². The summed E-state index contributed by atoms with van der Waals surface area (Å²) in [6.07, 6.45) is 0. The van der Waals surface area contributed by atoms with Gasteiger partial charge in [0.1, 0.15) is 0 Å². The quantitative estimate of drug-likeness (QED) is 0.889. The van der Waals surface area contributed by atoms with Gasteiger partial charge in [0.05, 0.1) is 19.8 Å². The van der Waals surface area contributed by atoms with Crippen LogP contribution in [-0.2, 0) is 0 Å². The molecule has 0 aliphatic carbocycles. The highest BCUT2D eigenvalue weighted by Crippen LogP contribution is 2.31. The van der Waals surface area contributed by atoms with Gasteiger partial charge in [0.25, 0.3) is 0 Å². The van der Waals surface area contributed by atoms with Gasteiger partial charge in [-0.25, -0.2) is 0 Å². The Morgan fingerprint density at radius 2 is 2.00 bits per heavy atom. The number of nitrogens with one attached hydrogen (secondary N) is 1. The number of rotatable bonds is 5. The molecule has 98 valence electrons. The van der Waals surface area contributed by atoms with Gasteiger partial charge in [0.2, 0.25) is 0 Å². The lowest BCUT2D eigenvalue weighted by atomic mass is 10.3. The third kappa shape index (κ3) is 3.32. The SMILES string of the molecule is CCOc1ccc(NC2=NCCS2)cc1OCC. The van der Waals surface area contributed by atoms with Crippen molar-refractivity contribution in [1.82, 2.24) is 0 Å². The van der Waals surface area contributed by atoms with Gasteiger partial charge in [-0.15, -0.1) is 0 Å². The van der Waals surface area contributed by atoms with E-state index in [0.29, 0.717) is 13.2 Å². The van der Waals surface area contributed by atoms with E-state index in [1.807, 2.05) is 32.0 Å². The van der Waals surface area contributed by atoms with Crippen LogP contribution in [0.15, 0.2) is 23.2 Å². The Labute approximate surface area is 112 Å². The molecule has 0 unspecified atom stereocenters. The summed E-state index contributed by atoms with van der Waals surface area (Å²) in [6.45, 7) is 6.08. The molecule has 1 aliphatic rings. The predicted octanol–water partition coefficient (Wildman–Crippen LogP) is 3.00. The van der Waals surface area contributed by atoms with E-state index >= 15 is 0 Å². The number of aliphatic imine (C=N–C) groups is 1. The highest BCUT2D eigenvalue weighted by Gasteiger charge is 2.10. The van der Waals surface area contributed by atoms with Crippen molar-refractivity contribution >= 4 is 22.6 Å². The molecule has 1 N–H and O–H groups in total. The van der Waals surface area contributed by atoms with Gasteiger partial charge in [-0.1, -0.05) is 11.8 Å². The first-order valence-corrected chi connectivity index (χ1v) is 7.16. The van der Waals surface area contributed by atoms with Crippen LogP contribution in [0.5, 0.6) is 11.5 Å². The van der Waals surface area contributed by atoms with Crippen molar-refractivity contribution < 1.29 is 9.47 Å². The smallest absolute Gasteiger partial charge is 0.163 e. The zero-order valence-corrected chi connectivity index (χ0v) is 11.5. The first kappa shape index (κ1) is 13.1. The predicted molar refractivity (Wildman–Crippen MR) is 77.2 cm³/mol. The van der Waals surface area contributed by atoms with Crippen molar-refractivity contribution in [2.45, 2.75) is 13.8 Å². The molecule has 0 aromatic heterocycles. The van der Waals surface area contributed by atoms with Gasteiger partial charge in [0, 0.05) is 17.5 Å². The van der Waals surface area contributed by atoms with Crippen LogP contribution >= 0.6 is 11.8 Å². The van der Waals surface area contributed by atoms with E-state index in [4.69, 9.17) is 9.47 Å². The fourth-order valence-electron chi connectivity index (χ4n) is 1.66. The van der Waals surface area contributed by atoms with Crippen LogP contribution < -0.4 is 14.8 Å². The molecule has 0 saturated heterocycles. The lowest BCUT2D eigenvalue weighted by molar-refractivity contribution is 0.288. The Morgan fingerprint density at radius 1 is 1.22 bits per heavy atom. The summed E-state index contributed by atoms with van der Waals surface area (Å²) in [7, 11) is 0. The molecule has 0 spiro atoms. The van der Waals surface area contributed by atoms with E-state index in [2.05, 4.69) is 10.3 Å². The van der Waals surface area contributed by atoms with Gasteiger partial charge in [-0.2, -0.15) is 0 Å². The van der Waals surface area contributed by atoms with Crippen LogP contribution in [0.3, 0.4) is 0 Å². The number of benzene rings is 1. The molecular formula is C13H18N2O2S. The Balaban J connectivity index is 2.13. The van der Waals surface area contributed by atoms with E-state index < -0.39 is 0 Å². The van der Waals surface area contributed by atoms with Crippen molar-refractivity contribution in [1.29, 1.82) is 0 Å². The van der Waals surface area contributed by atoms with Gasteiger partial charge in [-0.05, 0) is 26.0 Å². The normalized spacial score (nSPS) is 14.2. The molecule has 0 radical (unpaired) electrons. The topological polar surface area (TPSA) is 42.8 Å². The van der Waals surface area contributed by atoms with Gasteiger partial charge in [-0.3, -0.25) is 4.99 Å². The molecule has 1 aromatic carbocycles. The molecule has 18 heavy (non-hydrogen) atoms. The largest absolute Gasteiger partial charge is 0.490 e. The van der Waals surface area contributed by atoms with Crippen molar-refractivity contribution in [3.05, 3.63) is 18.2 Å². The Kier molecular flexibility index (Phi) is 4.75. The molecule has 0 atom stereocenters. The number of amidine groups is 1. The van der Waals surface area contributed by atoms with Crippen LogP contribution in [-0.4, -0.2) is 30.7 Å². The standard InChI is InChI=1S/C13H18N2O2S/c1-3-16-11-6-5-10(9-12(11)17-4-2)15-13-14-7-8-18-13/h5-6,9H,3-4,7-8H2,1-2H3,(H,14,15). The van der Waals surface area contributed by atoms with Gasteiger partial charge >= 0.3 is 0 Å². The number of ether oxygens (including phenoxy) is 2. The summed E-state index contributed by atoms with van der Waals surface area (Å²) in [5, 5.41) is 4.26. The van der Waals surface area contributed by atoms with Crippen molar-refractivity contribution in [2.75, 3.05) is 30.8 Å². The molecule has 2 rings (SSSR count). The number of thioether (sulfide) groups is 1. The molecule has 0 amide bonds. The third-order valence-electron chi connectivity index (χ3n) is 2.38. The second-order valence-corrected chi connectivity index (χ2v) is 4.77. The third-order valence-corrected chi connectivity index (χ3v) is 3.27. The number of anilines is 1. The minimum absolute atomic E-state index is 0.624. The van der Waals surface area contributed by atoms with Crippen molar-refractivity contribution in [3.8, 4) is 11.5 Å². The summed E-state index contributed by atoms with van der Waals surface area (Å²) in [4.78, 5) is 4.36. The second-order valence-electron chi connectivity index (χ2n) is 3.69. The zero-order chi connectivity index (χ0) is 12.8. The van der Waals surface area contributed by atoms with E-state index in [9.17, 15) is 0 Å². The summed E-state index contributed by atoms with van der Waals surface area (Å²) in [5.41, 5.74) is 0.982. The minimum atomic E-state index is 0.624. The summed E-state index contributed by atoms with van der Waals surface area (Å²) in [6, 6.07) is 5.86. The van der Waals surface area contributed by atoms with Gasteiger partial charge in [0.15, 0.2) is 16.7 Å². The summed E-state index contributed by atoms with van der Waals surface area (Å²) in [5.74, 6) is 2.61. The fourth-order valence-corrected chi connectivity index (χ4v) is 2.41. The first-order chi connectivity index (χ1) is 8.83. The van der Waals surface area contributed by atoms with Crippen LogP contribution in [0.2, 0.25) is 0 Å². The molecule has 1 heterocycles. The average molecular weight is 266 g/mol. The average Bonchev–Trinajstić information content (AvgIpc) is 2.86. The zero-order valence-electron chi connectivity index (χ0n) is 10.7. The molecule has 1 aromatic rings. The molecule has 0 saturated carbocycles. The minimum Gasteiger partial charge on any atom is -0.490 e. The number of nitrogens with zero attached hydrogens (tertiary/aromatic N) is 1. The monoisotopic (exact) mass is 266 g/mol. The summed E-state index contributed by atoms with van der Waals surface area (Å²) < 4.78 is 11.1. The second kappa shape index (κ2) is 6.54. The number of hydrogen-bond donors (Lipinski definition) is 1. The maximum absolute atomic E-state index is 5.58. The molecule has 0 bridgehead atoms. The molecule has 1 aliphatic heterocycles. The van der Waals surface area contributed by atoms with Crippen LogP contribution in [0, 0.1) is 0 Å². The Bertz CT molecular complexity index is 435. The molecule has 4 nitrogen and oxygen atoms in total. The fraction of sp³-hybridized carbons (Fsp3) is 0.462. The van der Waals surface area contributed by atoms with Gasteiger partial charge < -0.3 is 14.8 Å². The lowest BCUT2D eigenvalue weighted by Crippen LogP contribution is -2.06. The summed E-state index contributed by atoms with van der Waals surface area (Å²) >= 11 is 1.74. The van der Waals surface area contributed by atoms with E-state index in [-0.39, 0.29) is 0 Å².